The van der Waals surface area contributed by atoms with Gasteiger partial charge in [-0.2, -0.15) is 0 Å². The minimum Gasteiger partial charge on any atom is -0.387 e. The van der Waals surface area contributed by atoms with Gasteiger partial charge in [0.25, 0.3) is 0 Å². The first-order valence-corrected chi connectivity index (χ1v) is 6.31. The van der Waals surface area contributed by atoms with Crippen molar-refractivity contribution in [3.63, 3.8) is 0 Å². The molecule has 0 saturated heterocycles. The van der Waals surface area contributed by atoms with Crippen molar-refractivity contribution in [2.75, 3.05) is 20.3 Å². The Morgan fingerprint density at radius 2 is 2.22 bits per heavy atom. The number of rotatable bonds is 7. The monoisotopic (exact) mass is 275 g/mol. The molecule has 2 atom stereocenters. The van der Waals surface area contributed by atoms with Gasteiger partial charge in [0.15, 0.2) is 0 Å². The summed E-state index contributed by atoms with van der Waals surface area (Å²) in [5.74, 6) is -0.517. The Kier molecular flexibility index (Phi) is 6.57. The Morgan fingerprint density at radius 1 is 1.50 bits per heavy atom. The average Bonchev–Trinajstić information content (AvgIpc) is 2.37. The van der Waals surface area contributed by atoms with Crippen LogP contribution in [0, 0.1) is 5.82 Å². The number of methoxy groups -OCH3 is 1. The molecular weight excluding hydrogens is 257 g/mol. The second-order valence-electron chi connectivity index (χ2n) is 4.16. The number of halogens is 2. The molecule has 2 N–H and O–H groups in total. The number of benzene rings is 1. The summed E-state index contributed by atoms with van der Waals surface area (Å²) >= 11 is 5.59. The van der Waals surface area contributed by atoms with Crippen molar-refractivity contribution in [2.45, 2.75) is 25.5 Å². The van der Waals surface area contributed by atoms with Crippen LogP contribution >= 0.6 is 11.6 Å². The Bertz CT molecular complexity index is 376. The Balaban J connectivity index is 2.53. The molecule has 1 aromatic rings. The molecule has 1 aromatic carbocycles. The molecule has 0 spiro atoms. The van der Waals surface area contributed by atoms with E-state index in [1.165, 1.54) is 12.1 Å². The number of hydrogen-bond donors (Lipinski definition) is 2. The molecule has 1 rings (SSSR count). The lowest BCUT2D eigenvalue weighted by Crippen LogP contribution is -2.35. The van der Waals surface area contributed by atoms with Gasteiger partial charge in [0.2, 0.25) is 0 Å². The molecule has 0 bridgehead atoms. The van der Waals surface area contributed by atoms with Crippen molar-refractivity contribution in [3.05, 3.63) is 34.6 Å². The van der Waals surface area contributed by atoms with Gasteiger partial charge in [0.1, 0.15) is 5.82 Å². The first-order chi connectivity index (χ1) is 8.58. The van der Waals surface area contributed by atoms with E-state index < -0.39 is 11.9 Å². The maximum Gasteiger partial charge on any atom is 0.142 e. The lowest BCUT2D eigenvalue weighted by Gasteiger charge is -2.19. The normalized spacial score (nSPS) is 14.5. The predicted molar refractivity (Wildman–Crippen MR) is 70.3 cm³/mol. The van der Waals surface area contributed by atoms with Gasteiger partial charge in [0.05, 0.1) is 17.7 Å². The minimum absolute atomic E-state index is 0.0599. The van der Waals surface area contributed by atoms with E-state index in [1.807, 2.05) is 6.92 Å². The van der Waals surface area contributed by atoms with Crippen LogP contribution in [0.15, 0.2) is 18.2 Å². The first-order valence-electron chi connectivity index (χ1n) is 5.93. The van der Waals surface area contributed by atoms with Gasteiger partial charge >= 0.3 is 0 Å². The van der Waals surface area contributed by atoms with Gasteiger partial charge in [-0.05, 0) is 24.1 Å². The molecule has 5 heteroatoms. The zero-order valence-electron chi connectivity index (χ0n) is 10.6. The van der Waals surface area contributed by atoms with Crippen LogP contribution < -0.4 is 5.32 Å². The van der Waals surface area contributed by atoms with Crippen LogP contribution in [0.5, 0.6) is 0 Å². The highest BCUT2D eigenvalue weighted by atomic mass is 35.5. The van der Waals surface area contributed by atoms with Gasteiger partial charge in [-0.1, -0.05) is 24.6 Å². The van der Waals surface area contributed by atoms with E-state index in [2.05, 4.69) is 5.32 Å². The summed E-state index contributed by atoms with van der Waals surface area (Å²) in [5, 5.41) is 13.2. The second kappa shape index (κ2) is 7.69. The molecule has 0 heterocycles. The van der Waals surface area contributed by atoms with Gasteiger partial charge in [0, 0.05) is 19.7 Å². The summed E-state index contributed by atoms with van der Waals surface area (Å²) in [6.07, 6.45) is 0.137. The summed E-state index contributed by atoms with van der Waals surface area (Å²) in [7, 11) is 1.63. The topological polar surface area (TPSA) is 41.5 Å². The third-order valence-corrected chi connectivity index (χ3v) is 3.10. The summed E-state index contributed by atoms with van der Waals surface area (Å²) in [6.45, 7) is 2.96. The number of aliphatic hydroxyl groups excluding tert-OH is 1. The van der Waals surface area contributed by atoms with Crippen molar-refractivity contribution in [2.24, 2.45) is 0 Å². The van der Waals surface area contributed by atoms with Crippen LogP contribution in [0.25, 0.3) is 0 Å². The number of aliphatic hydroxyl groups is 1. The molecule has 0 aliphatic carbocycles. The summed E-state index contributed by atoms with van der Waals surface area (Å²) in [5.41, 5.74) is 0.511. The van der Waals surface area contributed by atoms with Crippen molar-refractivity contribution < 1.29 is 14.2 Å². The van der Waals surface area contributed by atoms with Gasteiger partial charge in [-0.25, -0.2) is 4.39 Å². The molecule has 0 radical (unpaired) electrons. The molecule has 0 aliphatic rings. The number of nitrogens with one attached hydrogen (secondary N) is 1. The van der Waals surface area contributed by atoms with Crippen molar-refractivity contribution >= 4 is 11.6 Å². The lowest BCUT2D eigenvalue weighted by atomic mass is 10.1. The molecule has 18 heavy (non-hydrogen) atoms. The highest BCUT2D eigenvalue weighted by molar-refractivity contribution is 6.30. The molecule has 2 unspecified atom stereocenters. The predicted octanol–water partition coefficient (Wildman–Crippen LogP) is 2.53. The lowest BCUT2D eigenvalue weighted by molar-refractivity contribution is 0.137. The highest BCUT2D eigenvalue weighted by Gasteiger charge is 2.12. The van der Waals surface area contributed by atoms with Gasteiger partial charge < -0.3 is 15.2 Å². The van der Waals surface area contributed by atoms with E-state index in [1.54, 1.807) is 13.2 Å². The summed E-state index contributed by atoms with van der Waals surface area (Å²) < 4.78 is 18.3. The third kappa shape index (κ3) is 4.53. The average molecular weight is 276 g/mol. The van der Waals surface area contributed by atoms with E-state index in [9.17, 15) is 9.50 Å². The molecule has 3 nitrogen and oxygen atoms in total. The molecule has 0 amide bonds. The van der Waals surface area contributed by atoms with Crippen LogP contribution in [0.1, 0.15) is 25.0 Å². The SMILES string of the molecule is CCC(COC)NCC(O)c1ccc(Cl)c(F)c1. The third-order valence-electron chi connectivity index (χ3n) is 2.79. The van der Waals surface area contributed by atoms with Crippen LogP contribution in [-0.4, -0.2) is 31.4 Å². The van der Waals surface area contributed by atoms with Crippen molar-refractivity contribution in [1.29, 1.82) is 0 Å². The summed E-state index contributed by atoms with van der Waals surface area (Å²) in [6, 6.07) is 4.50. The Hall–Kier alpha value is -0.680. The highest BCUT2D eigenvalue weighted by Crippen LogP contribution is 2.20. The van der Waals surface area contributed by atoms with Gasteiger partial charge in [-0.15, -0.1) is 0 Å². The number of hydrogen-bond acceptors (Lipinski definition) is 3. The Labute approximate surface area is 112 Å². The molecule has 0 saturated carbocycles. The van der Waals surface area contributed by atoms with Crippen LogP contribution in [0.4, 0.5) is 4.39 Å². The minimum atomic E-state index is -0.761. The van der Waals surface area contributed by atoms with E-state index >= 15 is 0 Å². The van der Waals surface area contributed by atoms with E-state index in [0.29, 0.717) is 18.7 Å². The largest absolute Gasteiger partial charge is 0.387 e. The van der Waals surface area contributed by atoms with E-state index in [4.69, 9.17) is 16.3 Å². The molecule has 0 fully saturated rings. The Morgan fingerprint density at radius 3 is 2.78 bits per heavy atom. The zero-order chi connectivity index (χ0) is 13.5. The second-order valence-corrected chi connectivity index (χ2v) is 4.57. The maximum atomic E-state index is 13.2. The van der Waals surface area contributed by atoms with Crippen molar-refractivity contribution in [1.82, 2.24) is 5.32 Å². The molecule has 102 valence electrons. The quantitative estimate of drug-likeness (QED) is 0.803. The fourth-order valence-corrected chi connectivity index (χ4v) is 1.76. The number of ether oxygens (including phenoxy) is 1. The molecule has 0 aliphatic heterocycles. The van der Waals surface area contributed by atoms with Crippen LogP contribution in [-0.2, 0) is 4.74 Å². The smallest absolute Gasteiger partial charge is 0.142 e. The fraction of sp³-hybridized carbons (Fsp3) is 0.538. The van der Waals surface area contributed by atoms with Gasteiger partial charge in [-0.3, -0.25) is 0 Å². The maximum absolute atomic E-state index is 13.2. The van der Waals surface area contributed by atoms with Crippen LogP contribution in [0.3, 0.4) is 0 Å². The first kappa shape index (κ1) is 15.4. The molecular formula is C13H19ClFNO2. The molecule has 0 aromatic heterocycles. The van der Waals surface area contributed by atoms with E-state index in [-0.39, 0.29) is 11.1 Å². The van der Waals surface area contributed by atoms with Crippen LogP contribution in [0.2, 0.25) is 5.02 Å². The standard InChI is InChI=1S/C13H19ClFNO2/c1-3-10(8-18-2)16-7-13(17)9-4-5-11(14)12(15)6-9/h4-6,10,13,16-17H,3,7-8H2,1-2H3. The zero-order valence-corrected chi connectivity index (χ0v) is 11.4. The fourth-order valence-electron chi connectivity index (χ4n) is 1.64. The van der Waals surface area contributed by atoms with Crippen molar-refractivity contribution in [3.8, 4) is 0 Å². The van der Waals surface area contributed by atoms with E-state index in [0.717, 1.165) is 6.42 Å². The summed E-state index contributed by atoms with van der Waals surface area (Å²) in [4.78, 5) is 0.